The van der Waals surface area contributed by atoms with E-state index in [1.54, 1.807) is 13.3 Å². The van der Waals surface area contributed by atoms with Gasteiger partial charge in [-0.15, -0.1) is 12.4 Å². The Balaban J connectivity index is 0.000000845. The van der Waals surface area contributed by atoms with Crippen LogP contribution < -0.4 is 4.74 Å². The van der Waals surface area contributed by atoms with E-state index < -0.39 is 0 Å². The van der Waals surface area contributed by atoms with E-state index in [4.69, 9.17) is 4.74 Å². The van der Waals surface area contributed by atoms with Crippen molar-refractivity contribution in [2.45, 2.75) is 0 Å². The van der Waals surface area contributed by atoms with Gasteiger partial charge in [-0.2, -0.15) is 0 Å². The zero-order chi connectivity index (χ0) is 8.39. The number of rotatable bonds is 1. The average Bonchev–Trinajstić information content (AvgIpc) is 2.17. The molecule has 1 aromatic heterocycles. The number of ether oxygens (including phenoxy) is 1. The molecule has 0 bridgehead atoms. The summed E-state index contributed by atoms with van der Waals surface area (Å²) >= 11 is 0. The Labute approximate surface area is 83.0 Å². The molecular formula is C10H10ClNO. The largest absolute Gasteiger partial charge is 0.497 e. The fourth-order valence-electron chi connectivity index (χ4n) is 1.17. The van der Waals surface area contributed by atoms with Crippen molar-refractivity contribution >= 4 is 23.3 Å². The summed E-state index contributed by atoms with van der Waals surface area (Å²) in [6, 6.07) is 9.82. The molecule has 0 radical (unpaired) electrons. The molecule has 0 aliphatic rings. The molecule has 0 N–H and O–H groups in total. The number of nitrogens with zero attached hydrogens (tertiary/aromatic N) is 1. The number of hydrogen-bond acceptors (Lipinski definition) is 2. The van der Waals surface area contributed by atoms with Gasteiger partial charge in [-0.05, 0) is 18.2 Å². The topological polar surface area (TPSA) is 22.1 Å². The average molecular weight is 196 g/mol. The molecular weight excluding hydrogens is 186 g/mol. The van der Waals surface area contributed by atoms with Crippen LogP contribution >= 0.6 is 12.4 Å². The number of pyridine rings is 1. The lowest BCUT2D eigenvalue weighted by Gasteiger charge is -2.00. The van der Waals surface area contributed by atoms with E-state index >= 15 is 0 Å². The van der Waals surface area contributed by atoms with Gasteiger partial charge < -0.3 is 4.74 Å². The normalized spacial score (nSPS) is 9.31. The Bertz CT molecular complexity index is 403. The van der Waals surface area contributed by atoms with Gasteiger partial charge in [-0.1, -0.05) is 6.07 Å². The Morgan fingerprint density at radius 1 is 1.23 bits per heavy atom. The van der Waals surface area contributed by atoms with E-state index in [9.17, 15) is 0 Å². The van der Waals surface area contributed by atoms with Crippen molar-refractivity contribution in [1.82, 2.24) is 4.98 Å². The Morgan fingerprint density at radius 3 is 2.85 bits per heavy atom. The van der Waals surface area contributed by atoms with Gasteiger partial charge in [0.1, 0.15) is 5.75 Å². The van der Waals surface area contributed by atoms with Gasteiger partial charge in [0.05, 0.1) is 12.6 Å². The molecule has 1 heterocycles. The van der Waals surface area contributed by atoms with E-state index in [0.717, 1.165) is 16.7 Å². The quantitative estimate of drug-likeness (QED) is 0.698. The lowest BCUT2D eigenvalue weighted by molar-refractivity contribution is 0.415. The zero-order valence-corrected chi connectivity index (χ0v) is 8.04. The van der Waals surface area contributed by atoms with E-state index in [-0.39, 0.29) is 12.4 Å². The van der Waals surface area contributed by atoms with Crippen LogP contribution in [0, 0.1) is 0 Å². The minimum atomic E-state index is 0. The molecule has 68 valence electrons. The molecule has 0 atom stereocenters. The van der Waals surface area contributed by atoms with Crippen LogP contribution in [0.25, 0.3) is 10.9 Å². The highest BCUT2D eigenvalue weighted by Crippen LogP contribution is 2.17. The summed E-state index contributed by atoms with van der Waals surface area (Å²) in [6.45, 7) is 0. The number of hydrogen-bond donors (Lipinski definition) is 0. The third-order valence-corrected chi connectivity index (χ3v) is 1.81. The van der Waals surface area contributed by atoms with Gasteiger partial charge in [0.15, 0.2) is 0 Å². The maximum atomic E-state index is 5.08. The molecule has 0 saturated heterocycles. The summed E-state index contributed by atoms with van der Waals surface area (Å²) in [5.74, 6) is 0.848. The predicted octanol–water partition coefficient (Wildman–Crippen LogP) is 2.67. The van der Waals surface area contributed by atoms with Crippen molar-refractivity contribution in [2.75, 3.05) is 7.11 Å². The number of halogens is 1. The highest BCUT2D eigenvalue weighted by molar-refractivity contribution is 5.85. The minimum Gasteiger partial charge on any atom is -0.497 e. The summed E-state index contributed by atoms with van der Waals surface area (Å²) < 4.78 is 5.08. The molecule has 2 rings (SSSR count). The Morgan fingerprint density at radius 2 is 2.08 bits per heavy atom. The molecule has 1 aromatic carbocycles. The van der Waals surface area contributed by atoms with Crippen molar-refractivity contribution < 1.29 is 4.74 Å². The van der Waals surface area contributed by atoms with E-state index in [0.29, 0.717) is 0 Å². The fraction of sp³-hybridized carbons (Fsp3) is 0.100. The molecule has 0 saturated carbocycles. The lowest BCUT2D eigenvalue weighted by atomic mass is 10.2. The number of benzene rings is 1. The summed E-state index contributed by atoms with van der Waals surface area (Å²) in [4.78, 5) is 4.21. The minimum absolute atomic E-state index is 0. The van der Waals surface area contributed by atoms with E-state index in [1.807, 2.05) is 30.3 Å². The molecule has 0 amide bonds. The van der Waals surface area contributed by atoms with Crippen LogP contribution in [0.3, 0.4) is 0 Å². The van der Waals surface area contributed by atoms with Gasteiger partial charge in [0.2, 0.25) is 0 Å². The molecule has 13 heavy (non-hydrogen) atoms. The van der Waals surface area contributed by atoms with Gasteiger partial charge in [0, 0.05) is 17.6 Å². The number of fused-ring (bicyclic) bond motifs is 1. The van der Waals surface area contributed by atoms with Crippen LogP contribution in [0.1, 0.15) is 0 Å². The molecule has 0 aliphatic carbocycles. The molecule has 0 fully saturated rings. The van der Waals surface area contributed by atoms with Gasteiger partial charge >= 0.3 is 0 Å². The molecule has 0 unspecified atom stereocenters. The lowest BCUT2D eigenvalue weighted by Crippen LogP contribution is -1.83. The smallest absolute Gasteiger partial charge is 0.121 e. The monoisotopic (exact) mass is 195 g/mol. The first-order valence-corrected chi connectivity index (χ1v) is 3.79. The van der Waals surface area contributed by atoms with Gasteiger partial charge in [-0.25, -0.2) is 0 Å². The first kappa shape index (κ1) is 9.81. The maximum Gasteiger partial charge on any atom is 0.121 e. The standard InChI is InChI=1S/C10H9NO.ClH/c1-12-9-5-4-8-3-2-6-11-10(8)7-9;/h2-7H,1H3;1H. The second-order valence-corrected chi connectivity index (χ2v) is 2.56. The van der Waals surface area contributed by atoms with Crippen molar-refractivity contribution in [3.8, 4) is 5.75 Å². The third-order valence-electron chi connectivity index (χ3n) is 1.81. The second-order valence-electron chi connectivity index (χ2n) is 2.56. The Kier molecular flexibility index (Phi) is 3.09. The van der Waals surface area contributed by atoms with Crippen LogP contribution in [-0.4, -0.2) is 12.1 Å². The summed E-state index contributed by atoms with van der Waals surface area (Å²) in [6.07, 6.45) is 1.78. The first-order valence-electron chi connectivity index (χ1n) is 3.79. The highest BCUT2D eigenvalue weighted by Gasteiger charge is 1.94. The van der Waals surface area contributed by atoms with Crippen molar-refractivity contribution in [3.05, 3.63) is 36.5 Å². The first-order chi connectivity index (χ1) is 5.90. The summed E-state index contributed by atoms with van der Waals surface area (Å²) in [5, 5.41) is 1.14. The molecule has 3 heteroatoms. The number of aromatic nitrogens is 1. The SMILES string of the molecule is COc1ccc2cccnc2c1.Cl. The zero-order valence-electron chi connectivity index (χ0n) is 7.23. The summed E-state index contributed by atoms with van der Waals surface area (Å²) in [5.41, 5.74) is 0.969. The van der Waals surface area contributed by atoms with E-state index in [1.165, 1.54) is 0 Å². The summed E-state index contributed by atoms with van der Waals surface area (Å²) in [7, 11) is 1.66. The second kappa shape index (κ2) is 4.10. The molecule has 0 spiro atoms. The van der Waals surface area contributed by atoms with Crippen LogP contribution in [-0.2, 0) is 0 Å². The van der Waals surface area contributed by atoms with Crippen LogP contribution in [0.2, 0.25) is 0 Å². The van der Waals surface area contributed by atoms with Crippen LogP contribution in [0.4, 0.5) is 0 Å². The van der Waals surface area contributed by atoms with Crippen molar-refractivity contribution in [2.24, 2.45) is 0 Å². The highest BCUT2D eigenvalue weighted by atomic mass is 35.5. The molecule has 2 aromatic rings. The van der Waals surface area contributed by atoms with Crippen LogP contribution in [0.5, 0.6) is 5.75 Å². The van der Waals surface area contributed by atoms with Crippen LogP contribution in [0.15, 0.2) is 36.5 Å². The molecule has 2 nitrogen and oxygen atoms in total. The molecule has 0 aliphatic heterocycles. The third kappa shape index (κ3) is 1.90. The van der Waals surface area contributed by atoms with E-state index in [2.05, 4.69) is 4.98 Å². The van der Waals surface area contributed by atoms with Gasteiger partial charge in [0.25, 0.3) is 0 Å². The van der Waals surface area contributed by atoms with Gasteiger partial charge in [-0.3, -0.25) is 4.98 Å². The van der Waals surface area contributed by atoms with Crippen molar-refractivity contribution in [3.63, 3.8) is 0 Å². The fourth-order valence-corrected chi connectivity index (χ4v) is 1.17. The Hall–Kier alpha value is -1.28. The maximum absolute atomic E-state index is 5.08. The van der Waals surface area contributed by atoms with Crippen molar-refractivity contribution in [1.29, 1.82) is 0 Å². The predicted molar refractivity (Wildman–Crippen MR) is 55.5 cm³/mol. The number of methoxy groups -OCH3 is 1.